The van der Waals surface area contributed by atoms with Crippen molar-refractivity contribution in [1.29, 1.82) is 0 Å². The van der Waals surface area contributed by atoms with Crippen LogP contribution in [0.15, 0.2) is 18.2 Å². The molecule has 2 N–H and O–H groups in total. The van der Waals surface area contributed by atoms with E-state index in [1.807, 2.05) is 25.1 Å². The van der Waals surface area contributed by atoms with Crippen LogP contribution in [0.3, 0.4) is 0 Å². The van der Waals surface area contributed by atoms with E-state index in [2.05, 4.69) is 0 Å². The van der Waals surface area contributed by atoms with E-state index in [1.165, 1.54) is 0 Å². The molecule has 0 aliphatic rings. The molecule has 0 saturated heterocycles. The van der Waals surface area contributed by atoms with Crippen molar-refractivity contribution in [3.05, 3.63) is 34.3 Å². The average molecular weight is 254 g/mol. The molecule has 0 fully saturated rings. The fourth-order valence-electron chi connectivity index (χ4n) is 1.74. The van der Waals surface area contributed by atoms with Crippen molar-refractivity contribution < 1.29 is 4.79 Å². The predicted octanol–water partition coefficient (Wildman–Crippen LogP) is 3.28. The molecule has 0 radical (unpaired) electrons. The SMILES string of the molecule is Cc1ccc(CC(=O)CCCCCN)c(Cl)c1. The summed E-state index contributed by atoms with van der Waals surface area (Å²) in [7, 11) is 0. The molecule has 2 nitrogen and oxygen atoms in total. The van der Waals surface area contributed by atoms with Crippen molar-refractivity contribution >= 4 is 17.4 Å². The van der Waals surface area contributed by atoms with Gasteiger partial charge in [-0.2, -0.15) is 0 Å². The Morgan fingerprint density at radius 1 is 1.29 bits per heavy atom. The van der Waals surface area contributed by atoms with Crippen molar-refractivity contribution in [2.75, 3.05) is 6.54 Å². The van der Waals surface area contributed by atoms with E-state index in [-0.39, 0.29) is 5.78 Å². The van der Waals surface area contributed by atoms with E-state index in [4.69, 9.17) is 17.3 Å². The van der Waals surface area contributed by atoms with Gasteiger partial charge < -0.3 is 5.73 Å². The van der Waals surface area contributed by atoms with Gasteiger partial charge in [0.1, 0.15) is 5.78 Å². The molecular formula is C14H20ClNO. The van der Waals surface area contributed by atoms with Crippen LogP contribution in [0.5, 0.6) is 0 Å². The maximum Gasteiger partial charge on any atom is 0.137 e. The lowest BCUT2D eigenvalue weighted by molar-refractivity contribution is -0.118. The second kappa shape index (κ2) is 7.46. The highest BCUT2D eigenvalue weighted by Gasteiger charge is 2.07. The summed E-state index contributed by atoms with van der Waals surface area (Å²) < 4.78 is 0. The van der Waals surface area contributed by atoms with Crippen LogP contribution >= 0.6 is 11.6 Å². The van der Waals surface area contributed by atoms with Gasteiger partial charge in [0.2, 0.25) is 0 Å². The maximum absolute atomic E-state index is 11.7. The van der Waals surface area contributed by atoms with Crippen molar-refractivity contribution in [2.24, 2.45) is 5.73 Å². The molecule has 3 heteroatoms. The molecule has 1 aromatic carbocycles. The maximum atomic E-state index is 11.7. The quantitative estimate of drug-likeness (QED) is 0.758. The number of benzene rings is 1. The summed E-state index contributed by atoms with van der Waals surface area (Å²) in [6.45, 7) is 2.70. The van der Waals surface area contributed by atoms with E-state index in [9.17, 15) is 4.79 Å². The first-order valence-corrected chi connectivity index (χ1v) is 6.48. The normalized spacial score (nSPS) is 10.5. The molecule has 0 aliphatic heterocycles. The number of unbranched alkanes of at least 4 members (excludes halogenated alkanes) is 2. The minimum Gasteiger partial charge on any atom is -0.330 e. The summed E-state index contributed by atoms with van der Waals surface area (Å²) in [5.41, 5.74) is 7.45. The number of carbonyl (C=O) groups excluding carboxylic acids is 1. The molecule has 0 aromatic heterocycles. The molecule has 0 bridgehead atoms. The number of carbonyl (C=O) groups is 1. The van der Waals surface area contributed by atoms with Crippen molar-refractivity contribution in [3.63, 3.8) is 0 Å². The zero-order valence-electron chi connectivity index (χ0n) is 10.3. The lowest BCUT2D eigenvalue weighted by Crippen LogP contribution is -2.04. The van der Waals surface area contributed by atoms with Crippen LogP contribution in [0.2, 0.25) is 5.02 Å². The van der Waals surface area contributed by atoms with Gasteiger partial charge in [-0.1, -0.05) is 30.2 Å². The first kappa shape index (κ1) is 14.2. The van der Waals surface area contributed by atoms with Gasteiger partial charge in [0, 0.05) is 17.9 Å². The fourth-order valence-corrected chi connectivity index (χ4v) is 2.04. The predicted molar refractivity (Wildman–Crippen MR) is 72.4 cm³/mol. The van der Waals surface area contributed by atoms with Gasteiger partial charge in [0.25, 0.3) is 0 Å². The molecule has 0 saturated carbocycles. The molecular weight excluding hydrogens is 234 g/mol. The summed E-state index contributed by atoms with van der Waals surface area (Å²) in [6, 6.07) is 5.83. The molecule has 0 aliphatic carbocycles. The molecule has 0 amide bonds. The van der Waals surface area contributed by atoms with E-state index < -0.39 is 0 Å². The fraction of sp³-hybridized carbons (Fsp3) is 0.500. The van der Waals surface area contributed by atoms with Gasteiger partial charge >= 0.3 is 0 Å². The third kappa shape index (κ3) is 5.33. The van der Waals surface area contributed by atoms with E-state index in [1.54, 1.807) is 0 Å². The zero-order valence-corrected chi connectivity index (χ0v) is 11.1. The van der Waals surface area contributed by atoms with E-state index in [0.29, 0.717) is 24.4 Å². The Morgan fingerprint density at radius 3 is 2.71 bits per heavy atom. The number of hydrogen-bond donors (Lipinski definition) is 1. The number of halogens is 1. The Bertz CT molecular complexity index is 376. The van der Waals surface area contributed by atoms with Crippen molar-refractivity contribution in [2.45, 2.75) is 39.0 Å². The van der Waals surface area contributed by atoms with Gasteiger partial charge in [-0.05, 0) is 43.5 Å². The largest absolute Gasteiger partial charge is 0.330 e. The highest BCUT2D eigenvalue weighted by Crippen LogP contribution is 2.19. The van der Waals surface area contributed by atoms with Crippen molar-refractivity contribution in [3.8, 4) is 0 Å². The van der Waals surface area contributed by atoms with Gasteiger partial charge in [0.05, 0.1) is 0 Å². The Hall–Kier alpha value is -0.860. The topological polar surface area (TPSA) is 43.1 Å². The van der Waals surface area contributed by atoms with Gasteiger partial charge in [-0.3, -0.25) is 4.79 Å². The summed E-state index contributed by atoms with van der Waals surface area (Å²) in [6.07, 6.45) is 4.04. The third-order valence-electron chi connectivity index (χ3n) is 2.76. The molecule has 17 heavy (non-hydrogen) atoms. The van der Waals surface area contributed by atoms with E-state index in [0.717, 1.165) is 30.4 Å². The van der Waals surface area contributed by atoms with Crippen LogP contribution in [0.25, 0.3) is 0 Å². The van der Waals surface area contributed by atoms with Crippen LogP contribution in [-0.4, -0.2) is 12.3 Å². The zero-order chi connectivity index (χ0) is 12.7. The van der Waals surface area contributed by atoms with Crippen LogP contribution in [0, 0.1) is 6.92 Å². The summed E-state index contributed by atoms with van der Waals surface area (Å²) in [5.74, 6) is 0.257. The van der Waals surface area contributed by atoms with Crippen LogP contribution in [-0.2, 0) is 11.2 Å². The third-order valence-corrected chi connectivity index (χ3v) is 3.11. The number of aryl methyl sites for hydroxylation is 1. The molecule has 1 aromatic rings. The highest BCUT2D eigenvalue weighted by atomic mass is 35.5. The molecule has 0 heterocycles. The summed E-state index contributed by atoms with van der Waals surface area (Å²) >= 11 is 6.09. The summed E-state index contributed by atoms with van der Waals surface area (Å²) in [4.78, 5) is 11.7. The molecule has 0 unspecified atom stereocenters. The highest BCUT2D eigenvalue weighted by molar-refractivity contribution is 6.31. The lowest BCUT2D eigenvalue weighted by Gasteiger charge is -2.05. The lowest BCUT2D eigenvalue weighted by atomic mass is 10.0. The second-order valence-corrected chi connectivity index (χ2v) is 4.82. The molecule has 1 rings (SSSR count). The minimum atomic E-state index is 0.257. The van der Waals surface area contributed by atoms with Crippen LogP contribution in [0.1, 0.15) is 36.8 Å². The Balaban J connectivity index is 2.40. The van der Waals surface area contributed by atoms with E-state index >= 15 is 0 Å². The number of nitrogens with two attached hydrogens (primary N) is 1. The first-order chi connectivity index (χ1) is 8.13. The average Bonchev–Trinajstić information content (AvgIpc) is 2.28. The van der Waals surface area contributed by atoms with Crippen LogP contribution in [0.4, 0.5) is 0 Å². The van der Waals surface area contributed by atoms with Crippen molar-refractivity contribution in [1.82, 2.24) is 0 Å². The first-order valence-electron chi connectivity index (χ1n) is 6.10. The van der Waals surface area contributed by atoms with Gasteiger partial charge in [-0.15, -0.1) is 0 Å². The number of hydrogen-bond acceptors (Lipinski definition) is 2. The van der Waals surface area contributed by atoms with Gasteiger partial charge in [0.15, 0.2) is 0 Å². The Kier molecular flexibility index (Phi) is 6.23. The molecule has 0 atom stereocenters. The Morgan fingerprint density at radius 2 is 2.06 bits per heavy atom. The molecule has 94 valence electrons. The smallest absolute Gasteiger partial charge is 0.137 e. The monoisotopic (exact) mass is 253 g/mol. The van der Waals surface area contributed by atoms with Gasteiger partial charge in [-0.25, -0.2) is 0 Å². The number of Topliss-reactive ketones (excluding diaryl/α,β-unsaturated/α-hetero) is 1. The second-order valence-electron chi connectivity index (χ2n) is 4.41. The number of rotatable bonds is 7. The van der Waals surface area contributed by atoms with Crippen LogP contribution < -0.4 is 5.73 Å². The Labute approximate surface area is 108 Å². The summed E-state index contributed by atoms with van der Waals surface area (Å²) in [5, 5.41) is 0.695. The standard InChI is InChI=1S/C14H20ClNO/c1-11-6-7-12(14(15)9-11)10-13(17)5-3-2-4-8-16/h6-7,9H,2-5,8,10,16H2,1H3. The molecule has 0 spiro atoms. The minimum absolute atomic E-state index is 0.257. The number of ketones is 1.